The molecule has 0 aliphatic rings. The van der Waals surface area contributed by atoms with Crippen LogP contribution in [0, 0.1) is 0 Å². The molecule has 1 heterocycles. The summed E-state index contributed by atoms with van der Waals surface area (Å²) in [5, 5.41) is 7.43. The molecule has 0 spiro atoms. The van der Waals surface area contributed by atoms with Crippen molar-refractivity contribution in [2.75, 3.05) is 0 Å². The van der Waals surface area contributed by atoms with Gasteiger partial charge in [0.2, 0.25) is 0 Å². The van der Waals surface area contributed by atoms with E-state index in [0.717, 1.165) is 10.0 Å². The minimum atomic E-state index is -0.105. The molecule has 14 heavy (non-hydrogen) atoms. The molecule has 4 heteroatoms. The predicted octanol–water partition coefficient (Wildman–Crippen LogP) is 3.56. The van der Waals surface area contributed by atoms with Gasteiger partial charge in [-0.25, -0.2) is 0 Å². The van der Waals surface area contributed by atoms with Gasteiger partial charge in [-0.1, -0.05) is 39.7 Å². The Labute approximate surface area is 97.9 Å². The van der Waals surface area contributed by atoms with Crippen LogP contribution in [-0.4, -0.2) is 10.2 Å². The molecular formula is C10H6BrClN2. The van der Waals surface area contributed by atoms with Crippen molar-refractivity contribution >= 4 is 27.5 Å². The van der Waals surface area contributed by atoms with Crippen LogP contribution in [0.15, 0.2) is 40.8 Å². The fourth-order valence-corrected chi connectivity index (χ4v) is 1.50. The van der Waals surface area contributed by atoms with E-state index in [0.29, 0.717) is 5.69 Å². The van der Waals surface area contributed by atoms with Crippen LogP contribution in [0.1, 0.15) is 2.74 Å². The van der Waals surface area contributed by atoms with Crippen molar-refractivity contribution in [1.29, 1.82) is 0 Å². The maximum Gasteiger partial charge on any atom is 0.151 e. The van der Waals surface area contributed by atoms with Crippen LogP contribution in [0.3, 0.4) is 0 Å². The smallest absolute Gasteiger partial charge is 0.149 e. The highest BCUT2D eigenvalue weighted by molar-refractivity contribution is 9.10. The third-order valence-corrected chi connectivity index (χ3v) is 2.28. The van der Waals surface area contributed by atoms with Gasteiger partial charge in [-0.3, -0.25) is 0 Å². The van der Waals surface area contributed by atoms with E-state index in [1.807, 2.05) is 18.2 Å². The van der Waals surface area contributed by atoms with Gasteiger partial charge in [0, 0.05) is 10.0 Å². The topological polar surface area (TPSA) is 25.8 Å². The summed E-state index contributed by atoms with van der Waals surface area (Å²) >= 11 is 8.95. The van der Waals surface area contributed by atoms with E-state index < -0.39 is 0 Å². The average Bonchev–Trinajstić information content (AvgIpc) is 2.26. The molecule has 0 N–H and O–H groups in total. The van der Waals surface area contributed by atoms with Gasteiger partial charge in [-0.05, 0) is 24.2 Å². The summed E-state index contributed by atoms with van der Waals surface area (Å²) in [7, 11) is 0. The van der Waals surface area contributed by atoms with Crippen molar-refractivity contribution in [2.45, 2.75) is 0 Å². The Hall–Kier alpha value is -0.930. The Bertz CT molecular complexity index is 548. The lowest BCUT2D eigenvalue weighted by molar-refractivity contribution is 1.04. The number of nitrogens with zero attached hydrogens (tertiary/aromatic N) is 2. The van der Waals surface area contributed by atoms with Crippen molar-refractivity contribution in [3.63, 3.8) is 0 Å². The van der Waals surface area contributed by atoms with E-state index >= 15 is 0 Å². The van der Waals surface area contributed by atoms with Crippen LogP contribution in [0.25, 0.3) is 11.3 Å². The minimum Gasteiger partial charge on any atom is -0.149 e. The first-order chi connectivity index (χ1) is 7.59. The van der Waals surface area contributed by atoms with Crippen molar-refractivity contribution in [1.82, 2.24) is 10.2 Å². The molecule has 0 saturated carbocycles. The highest BCUT2D eigenvalue weighted by atomic mass is 79.9. The molecule has 0 bridgehead atoms. The van der Waals surface area contributed by atoms with Gasteiger partial charge in [0.25, 0.3) is 0 Å². The molecule has 1 aromatic heterocycles. The van der Waals surface area contributed by atoms with Gasteiger partial charge in [0.15, 0.2) is 5.15 Å². The first-order valence-corrected chi connectivity index (χ1v) is 5.02. The summed E-state index contributed by atoms with van der Waals surface area (Å²) in [6.07, 6.45) is 0. The van der Waals surface area contributed by atoms with Crippen molar-refractivity contribution in [2.24, 2.45) is 0 Å². The van der Waals surface area contributed by atoms with Crippen LogP contribution in [0.4, 0.5) is 0 Å². The predicted molar refractivity (Wildman–Crippen MR) is 60.2 cm³/mol. The molecule has 0 amide bonds. The fourth-order valence-electron chi connectivity index (χ4n) is 1.02. The summed E-state index contributed by atoms with van der Waals surface area (Å²) in [5.41, 5.74) is 1.09. The summed E-state index contributed by atoms with van der Waals surface area (Å²) in [6, 6.07) is 7.21. The second-order valence-corrected chi connectivity index (χ2v) is 3.87. The Kier molecular flexibility index (Phi) is 2.14. The van der Waals surface area contributed by atoms with E-state index in [4.69, 9.17) is 14.3 Å². The minimum absolute atomic E-state index is 0.0156. The number of aromatic nitrogens is 2. The zero-order valence-electron chi connectivity index (χ0n) is 8.96. The first kappa shape index (κ1) is 7.37. The molecule has 2 rings (SSSR count). The second-order valence-electron chi connectivity index (χ2n) is 2.60. The first-order valence-electron chi connectivity index (χ1n) is 4.85. The van der Waals surface area contributed by atoms with E-state index in [2.05, 4.69) is 26.1 Å². The van der Waals surface area contributed by atoms with Crippen LogP contribution in [0.2, 0.25) is 5.15 Å². The fraction of sp³-hybridized carbons (Fsp3) is 0. The molecule has 0 atom stereocenters. The molecule has 0 aliphatic carbocycles. The van der Waals surface area contributed by atoms with E-state index in [1.165, 1.54) is 0 Å². The SMILES string of the molecule is [2H]c1c(Cl)nnc(-c2cccc(Br)c2)c1[2H]. The second kappa shape index (κ2) is 4.07. The van der Waals surface area contributed by atoms with Gasteiger partial charge < -0.3 is 0 Å². The molecule has 0 unspecified atom stereocenters. The maximum absolute atomic E-state index is 7.75. The van der Waals surface area contributed by atoms with Crippen molar-refractivity contribution in [3.05, 3.63) is 46.0 Å². The van der Waals surface area contributed by atoms with Gasteiger partial charge in [0.05, 0.1) is 8.44 Å². The monoisotopic (exact) mass is 270 g/mol. The molecule has 2 aromatic rings. The van der Waals surface area contributed by atoms with Crippen molar-refractivity contribution < 1.29 is 2.74 Å². The molecule has 2 nitrogen and oxygen atoms in total. The average molecular weight is 272 g/mol. The number of benzene rings is 1. The Morgan fingerprint density at radius 2 is 2.14 bits per heavy atom. The summed E-state index contributed by atoms with van der Waals surface area (Å²) in [4.78, 5) is 0. The van der Waals surface area contributed by atoms with Crippen LogP contribution in [0.5, 0.6) is 0 Å². The van der Waals surface area contributed by atoms with Gasteiger partial charge in [-0.15, -0.1) is 10.2 Å². The molecule has 0 saturated heterocycles. The molecule has 70 valence electrons. The van der Waals surface area contributed by atoms with E-state index in [-0.39, 0.29) is 17.2 Å². The Morgan fingerprint density at radius 1 is 1.29 bits per heavy atom. The molecule has 0 fully saturated rings. The Morgan fingerprint density at radius 3 is 2.93 bits per heavy atom. The third-order valence-electron chi connectivity index (χ3n) is 1.62. The van der Waals surface area contributed by atoms with Crippen LogP contribution < -0.4 is 0 Å². The molecular weight excluding hydrogens is 263 g/mol. The third kappa shape index (κ3) is 2.11. The zero-order valence-corrected chi connectivity index (χ0v) is 9.30. The Balaban J connectivity index is 2.61. The van der Waals surface area contributed by atoms with Gasteiger partial charge >= 0.3 is 0 Å². The standard InChI is InChI=1S/C10H6BrClN2/c11-8-3-1-2-7(6-8)9-4-5-10(12)14-13-9/h1-6H/i4D,5D. The maximum atomic E-state index is 7.75. The summed E-state index contributed by atoms with van der Waals surface area (Å²) in [5.74, 6) is 0. The van der Waals surface area contributed by atoms with Gasteiger partial charge in [-0.2, -0.15) is 0 Å². The highest BCUT2D eigenvalue weighted by Gasteiger charge is 1.99. The molecule has 1 aromatic carbocycles. The van der Waals surface area contributed by atoms with Gasteiger partial charge in [0.1, 0.15) is 0 Å². The summed E-state index contributed by atoms with van der Waals surface area (Å²) < 4.78 is 16.2. The normalized spacial score (nSPS) is 12.1. The summed E-state index contributed by atoms with van der Waals surface area (Å²) in [6.45, 7) is 0. The number of hydrogen-bond donors (Lipinski definition) is 0. The zero-order chi connectivity index (χ0) is 11.7. The van der Waals surface area contributed by atoms with Crippen molar-refractivity contribution in [3.8, 4) is 11.3 Å². The van der Waals surface area contributed by atoms with Crippen LogP contribution >= 0.6 is 27.5 Å². The number of rotatable bonds is 1. The van der Waals surface area contributed by atoms with E-state index in [9.17, 15) is 0 Å². The van der Waals surface area contributed by atoms with Crippen LogP contribution in [-0.2, 0) is 0 Å². The number of halogens is 2. The van der Waals surface area contributed by atoms with E-state index in [1.54, 1.807) is 6.07 Å². The largest absolute Gasteiger partial charge is 0.151 e. The molecule has 0 radical (unpaired) electrons. The number of hydrogen-bond acceptors (Lipinski definition) is 2. The quantitative estimate of drug-likeness (QED) is 0.792. The highest BCUT2D eigenvalue weighted by Crippen LogP contribution is 2.20. The lowest BCUT2D eigenvalue weighted by Gasteiger charge is -1.99. The molecule has 0 aliphatic heterocycles. The lowest BCUT2D eigenvalue weighted by Crippen LogP contribution is -1.86. The lowest BCUT2D eigenvalue weighted by atomic mass is 10.1.